The van der Waals surface area contributed by atoms with Crippen LogP contribution in [0.1, 0.15) is 41.6 Å². The molecule has 2 rings (SSSR count). The van der Waals surface area contributed by atoms with Gasteiger partial charge in [-0.05, 0) is 62.4 Å². The lowest BCUT2D eigenvalue weighted by Crippen LogP contribution is -2.30. The van der Waals surface area contributed by atoms with Gasteiger partial charge < -0.3 is 15.4 Å². The lowest BCUT2D eigenvalue weighted by molar-refractivity contribution is -0.121. The average Bonchev–Trinajstić information content (AvgIpc) is 2.61. The van der Waals surface area contributed by atoms with Gasteiger partial charge in [0.15, 0.2) is 0 Å². The molecule has 0 aliphatic carbocycles. The van der Waals surface area contributed by atoms with E-state index in [1.807, 2.05) is 12.1 Å². The second-order valence-electron chi connectivity index (χ2n) is 6.02. The number of hydrogen-bond acceptors (Lipinski definition) is 4. The van der Waals surface area contributed by atoms with Crippen LogP contribution in [0.25, 0.3) is 0 Å². The van der Waals surface area contributed by atoms with Crippen LogP contribution in [-0.2, 0) is 16.0 Å². The number of methoxy groups -OCH3 is 1. The van der Waals surface area contributed by atoms with E-state index in [1.165, 1.54) is 20.0 Å². The van der Waals surface area contributed by atoms with Crippen LogP contribution >= 0.6 is 12.4 Å². The molecule has 0 bridgehead atoms. The maximum absolute atomic E-state index is 11.9. The summed E-state index contributed by atoms with van der Waals surface area (Å²) in [7, 11) is 1.37. The highest BCUT2D eigenvalue weighted by atomic mass is 35.5. The van der Waals surface area contributed by atoms with Gasteiger partial charge in [-0.25, -0.2) is 4.79 Å². The van der Waals surface area contributed by atoms with Crippen molar-refractivity contribution in [2.75, 3.05) is 26.7 Å². The van der Waals surface area contributed by atoms with E-state index in [-0.39, 0.29) is 24.3 Å². The largest absolute Gasteiger partial charge is 0.465 e. The summed E-state index contributed by atoms with van der Waals surface area (Å²) in [5, 5.41) is 6.31. The number of nitrogens with one attached hydrogen (secondary N) is 2. The van der Waals surface area contributed by atoms with Crippen LogP contribution in [0.5, 0.6) is 0 Å². The molecule has 1 fully saturated rings. The van der Waals surface area contributed by atoms with E-state index in [1.54, 1.807) is 12.1 Å². The SMILES string of the molecule is COC(=O)c1ccc(CCNC(=O)CCC2CCNCC2)cc1.Cl. The van der Waals surface area contributed by atoms with Gasteiger partial charge in [0.25, 0.3) is 0 Å². The molecule has 5 nitrogen and oxygen atoms in total. The molecule has 24 heavy (non-hydrogen) atoms. The lowest BCUT2D eigenvalue weighted by Gasteiger charge is -2.22. The fraction of sp³-hybridized carbons (Fsp3) is 0.556. The van der Waals surface area contributed by atoms with E-state index in [4.69, 9.17) is 0 Å². The molecule has 0 radical (unpaired) electrons. The molecule has 1 saturated heterocycles. The summed E-state index contributed by atoms with van der Waals surface area (Å²) in [6.45, 7) is 2.78. The molecule has 1 heterocycles. The third kappa shape index (κ3) is 6.89. The van der Waals surface area contributed by atoms with E-state index in [2.05, 4.69) is 15.4 Å². The van der Waals surface area contributed by atoms with Gasteiger partial charge in [0.2, 0.25) is 5.91 Å². The first-order valence-corrected chi connectivity index (χ1v) is 8.33. The Morgan fingerprint density at radius 1 is 1.21 bits per heavy atom. The molecule has 1 aliphatic heterocycles. The molecule has 0 unspecified atom stereocenters. The Labute approximate surface area is 149 Å². The Balaban J connectivity index is 0.00000288. The van der Waals surface area contributed by atoms with Crippen molar-refractivity contribution < 1.29 is 14.3 Å². The van der Waals surface area contributed by atoms with Crippen molar-refractivity contribution in [3.8, 4) is 0 Å². The molecular weight excluding hydrogens is 328 g/mol. The van der Waals surface area contributed by atoms with Crippen LogP contribution in [0.4, 0.5) is 0 Å². The molecule has 2 N–H and O–H groups in total. The number of carbonyl (C=O) groups is 2. The maximum Gasteiger partial charge on any atom is 0.337 e. The van der Waals surface area contributed by atoms with Gasteiger partial charge in [0, 0.05) is 13.0 Å². The number of esters is 1. The number of piperidine rings is 1. The van der Waals surface area contributed by atoms with Crippen molar-refractivity contribution in [1.29, 1.82) is 0 Å². The fourth-order valence-electron chi connectivity index (χ4n) is 2.87. The normalized spacial score (nSPS) is 14.5. The van der Waals surface area contributed by atoms with Gasteiger partial charge in [0.1, 0.15) is 0 Å². The van der Waals surface area contributed by atoms with Crippen LogP contribution in [0, 0.1) is 5.92 Å². The van der Waals surface area contributed by atoms with E-state index >= 15 is 0 Å². The first-order chi connectivity index (χ1) is 11.2. The van der Waals surface area contributed by atoms with Crippen LogP contribution in [0.3, 0.4) is 0 Å². The van der Waals surface area contributed by atoms with E-state index in [0.717, 1.165) is 31.5 Å². The molecule has 1 aromatic rings. The molecule has 134 valence electrons. The summed E-state index contributed by atoms with van der Waals surface area (Å²) in [6.07, 6.45) is 4.73. The second kappa shape index (κ2) is 11.0. The van der Waals surface area contributed by atoms with Crippen molar-refractivity contribution >= 4 is 24.3 Å². The fourth-order valence-corrected chi connectivity index (χ4v) is 2.87. The molecule has 6 heteroatoms. The van der Waals surface area contributed by atoms with Crippen LogP contribution in [-0.4, -0.2) is 38.6 Å². The van der Waals surface area contributed by atoms with E-state index in [0.29, 0.717) is 24.4 Å². The number of carbonyl (C=O) groups excluding carboxylic acids is 2. The van der Waals surface area contributed by atoms with E-state index in [9.17, 15) is 9.59 Å². The summed E-state index contributed by atoms with van der Waals surface area (Å²) in [4.78, 5) is 23.2. The van der Waals surface area contributed by atoms with Gasteiger partial charge in [-0.15, -0.1) is 12.4 Å². The predicted molar refractivity (Wildman–Crippen MR) is 96.6 cm³/mol. The molecule has 1 aromatic carbocycles. The molecule has 0 aromatic heterocycles. The third-order valence-electron chi connectivity index (χ3n) is 4.35. The zero-order valence-electron chi connectivity index (χ0n) is 14.2. The minimum atomic E-state index is -0.331. The minimum Gasteiger partial charge on any atom is -0.465 e. The van der Waals surface area contributed by atoms with Gasteiger partial charge in [-0.2, -0.15) is 0 Å². The third-order valence-corrected chi connectivity index (χ3v) is 4.35. The zero-order valence-corrected chi connectivity index (χ0v) is 15.0. The van der Waals surface area contributed by atoms with Gasteiger partial charge in [-0.3, -0.25) is 4.79 Å². The van der Waals surface area contributed by atoms with Crippen LogP contribution in [0.2, 0.25) is 0 Å². The van der Waals surface area contributed by atoms with Gasteiger partial charge >= 0.3 is 5.97 Å². The molecule has 0 saturated carbocycles. The zero-order chi connectivity index (χ0) is 16.5. The Bertz CT molecular complexity index is 514. The molecule has 1 amide bonds. The van der Waals surface area contributed by atoms with Crippen molar-refractivity contribution in [3.63, 3.8) is 0 Å². The topological polar surface area (TPSA) is 67.4 Å². The predicted octanol–water partition coefficient (Wildman–Crippen LogP) is 2.33. The molecule has 1 aliphatic rings. The Morgan fingerprint density at radius 3 is 2.50 bits per heavy atom. The number of hydrogen-bond donors (Lipinski definition) is 2. The molecule has 0 atom stereocenters. The summed E-state index contributed by atoms with van der Waals surface area (Å²) >= 11 is 0. The summed E-state index contributed by atoms with van der Waals surface area (Å²) in [6, 6.07) is 7.29. The van der Waals surface area contributed by atoms with Gasteiger partial charge in [0.05, 0.1) is 12.7 Å². The summed E-state index contributed by atoms with van der Waals surface area (Å²) in [5.41, 5.74) is 1.64. The number of rotatable bonds is 7. The smallest absolute Gasteiger partial charge is 0.337 e. The Hall–Kier alpha value is -1.59. The monoisotopic (exact) mass is 354 g/mol. The van der Waals surface area contributed by atoms with Crippen molar-refractivity contribution in [2.45, 2.75) is 32.1 Å². The first kappa shape index (κ1) is 20.5. The Kier molecular flexibility index (Phi) is 9.42. The van der Waals surface area contributed by atoms with Crippen molar-refractivity contribution in [2.24, 2.45) is 5.92 Å². The highest BCUT2D eigenvalue weighted by molar-refractivity contribution is 5.89. The van der Waals surface area contributed by atoms with Crippen LogP contribution < -0.4 is 10.6 Å². The van der Waals surface area contributed by atoms with Crippen molar-refractivity contribution in [3.05, 3.63) is 35.4 Å². The lowest BCUT2D eigenvalue weighted by atomic mass is 9.93. The maximum atomic E-state index is 11.9. The van der Waals surface area contributed by atoms with Crippen molar-refractivity contribution in [1.82, 2.24) is 10.6 Å². The summed E-state index contributed by atoms with van der Waals surface area (Å²) in [5.74, 6) is 0.491. The minimum absolute atomic E-state index is 0. The quantitative estimate of drug-likeness (QED) is 0.737. The molecular formula is C18H27ClN2O3. The van der Waals surface area contributed by atoms with Crippen LogP contribution in [0.15, 0.2) is 24.3 Å². The van der Waals surface area contributed by atoms with E-state index < -0.39 is 0 Å². The Morgan fingerprint density at radius 2 is 1.88 bits per heavy atom. The van der Waals surface area contributed by atoms with Gasteiger partial charge in [-0.1, -0.05) is 12.1 Å². The number of ether oxygens (including phenoxy) is 1. The number of benzene rings is 1. The summed E-state index contributed by atoms with van der Waals surface area (Å²) < 4.78 is 4.67. The number of halogens is 1. The number of amides is 1. The highest BCUT2D eigenvalue weighted by Gasteiger charge is 2.14. The second-order valence-corrected chi connectivity index (χ2v) is 6.02. The average molecular weight is 355 g/mol. The highest BCUT2D eigenvalue weighted by Crippen LogP contribution is 2.17. The standard InChI is InChI=1S/C18H26N2O3.ClH/c1-23-18(22)16-5-2-14(3-6-16)10-13-20-17(21)7-4-15-8-11-19-12-9-15;/h2-3,5-6,15,19H,4,7-13H2,1H3,(H,20,21);1H. The molecule has 0 spiro atoms. The first-order valence-electron chi connectivity index (χ1n) is 8.33.